The largest absolute Gasteiger partial charge is 0.360 e. The number of ketones is 1. The maximum atomic E-state index is 13.1. The van der Waals surface area contributed by atoms with Crippen molar-refractivity contribution in [1.29, 1.82) is 0 Å². The van der Waals surface area contributed by atoms with Crippen molar-refractivity contribution in [3.63, 3.8) is 0 Å². The van der Waals surface area contributed by atoms with Crippen LogP contribution >= 0.6 is 11.8 Å². The van der Waals surface area contributed by atoms with Crippen LogP contribution in [0.5, 0.6) is 0 Å². The number of Topliss-reactive ketones (excluding diaryl/α,β-unsaturated/α-hetero) is 1. The predicted octanol–water partition coefficient (Wildman–Crippen LogP) is 4.52. The second kappa shape index (κ2) is 6.91. The first-order valence-electron chi connectivity index (χ1n) is 9.34. The molecule has 4 aromatic rings. The molecule has 1 N–H and O–H groups in total. The van der Waals surface area contributed by atoms with Crippen LogP contribution in [0.2, 0.25) is 0 Å². The number of para-hydroxylation sites is 1. The van der Waals surface area contributed by atoms with Crippen molar-refractivity contribution < 1.29 is 4.79 Å². The van der Waals surface area contributed by atoms with E-state index in [2.05, 4.69) is 24.7 Å². The molecule has 0 spiro atoms. The summed E-state index contributed by atoms with van der Waals surface area (Å²) in [5, 5.41) is 10.3. The number of hydrogen-bond donors (Lipinski definition) is 1. The molecule has 3 aromatic heterocycles. The summed E-state index contributed by atoms with van der Waals surface area (Å²) < 4.78 is 2.17. The molecular weight excluding hydrogens is 370 g/mol. The maximum Gasteiger partial charge on any atom is 0.192 e. The zero-order chi connectivity index (χ0) is 19.1. The molecule has 1 saturated carbocycles. The van der Waals surface area contributed by atoms with E-state index < -0.39 is 0 Å². The Kier molecular flexibility index (Phi) is 4.24. The van der Waals surface area contributed by atoms with Crippen LogP contribution in [-0.4, -0.2) is 35.8 Å². The molecule has 1 unspecified atom stereocenters. The molecule has 0 aliphatic heterocycles. The van der Waals surface area contributed by atoms with E-state index in [1.54, 1.807) is 18.6 Å². The number of nitrogens with zero attached hydrogens (tertiary/aromatic N) is 4. The number of benzene rings is 1. The molecule has 1 aliphatic carbocycles. The summed E-state index contributed by atoms with van der Waals surface area (Å²) in [6, 6.07) is 12.2. The summed E-state index contributed by atoms with van der Waals surface area (Å²) in [6.45, 7) is 1.93. The number of carbonyl (C=O) groups is 1. The first-order valence-corrected chi connectivity index (χ1v) is 10.2. The smallest absolute Gasteiger partial charge is 0.192 e. The highest BCUT2D eigenvalue weighted by Crippen LogP contribution is 2.42. The van der Waals surface area contributed by atoms with Gasteiger partial charge >= 0.3 is 0 Å². The van der Waals surface area contributed by atoms with Gasteiger partial charge in [-0.15, -0.1) is 10.2 Å². The number of H-pyrrole nitrogens is 1. The Morgan fingerprint density at radius 1 is 1.21 bits per heavy atom. The van der Waals surface area contributed by atoms with E-state index >= 15 is 0 Å². The van der Waals surface area contributed by atoms with E-state index in [1.165, 1.54) is 11.8 Å². The van der Waals surface area contributed by atoms with E-state index in [0.29, 0.717) is 6.04 Å². The van der Waals surface area contributed by atoms with E-state index in [-0.39, 0.29) is 11.0 Å². The number of rotatable bonds is 6. The number of fused-ring (bicyclic) bond motifs is 1. The van der Waals surface area contributed by atoms with E-state index in [1.807, 2.05) is 43.3 Å². The summed E-state index contributed by atoms with van der Waals surface area (Å²) in [4.78, 5) is 20.5. The van der Waals surface area contributed by atoms with Gasteiger partial charge in [0.2, 0.25) is 0 Å². The summed E-state index contributed by atoms with van der Waals surface area (Å²) in [5.74, 6) is 0.917. The molecule has 0 radical (unpaired) electrons. The first kappa shape index (κ1) is 17.2. The lowest BCUT2D eigenvalue weighted by Crippen LogP contribution is -2.14. The summed E-state index contributed by atoms with van der Waals surface area (Å²) in [6.07, 6.45) is 7.58. The molecule has 5 rings (SSSR count). The van der Waals surface area contributed by atoms with Crippen LogP contribution < -0.4 is 0 Å². The molecule has 0 bridgehead atoms. The van der Waals surface area contributed by atoms with Crippen molar-refractivity contribution in [1.82, 2.24) is 24.7 Å². The molecule has 0 saturated heterocycles. The number of nitrogens with one attached hydrogen (secondary N) is 1. The number of carbonyl (C=O) groups excluding carboxylic acids is 1. The van der Waals surface area contributed by atoms with Crippen molar-refractivity contribution in [3.05, 3.63) is 60.6 Å². The van der Waals surface area contributed by atoms with Gasteiger partial charge in [0.05, 0.1) is 5.25 Å². The summed E-state index contributed by atoms with van der Waals surface area (Å²) in [5.41, 5.74) is 2.65. The van der Waals surface area contributed by atoms with Gasteiger partial charge < -0.3 is 4.98 Å². The lowest BCUT2D eigenvalue weighted by atomic mass is 10.1. The summed E-state index contributed by atoms with van der Waals surface area (Å²) >= 11 is 1.47. The third-order valence-corrected chi connectivity index (χ3v) is 6.06. The molecule has 28 heavy (non-hydrogen) atoms. The van der Waals surface area contributed by atoms with Crippen LogP contribution in [0.25, 0.3) is 22.3 Å². The van der Waals surface area contributed by atoms with E-state index in [0.717, 1.165) is 45.9 Å². The Hall–Kier alpha value is -2.93. The Balaban J connectivity index is 1.44. The highest BCUT2D eigenvalue weighted by molar-refractivity contribution is 8.00. The third-order valence-electron chi connectivity index (χ3n) is 5.00. The highest BCUT2D eigenvalue weighted by Gasteiger charge is 2.32. The van der Waals surface area contributed by atoms with Crippen molar-refractivity contribution in [2.75, 3.05) is 0 Å². The van der Waals surface area contributed by atoms with Gasteiger partial charge in [-0.25, -0.2) is 0 Å². The fourth-order valence-corrected chi connectivity index (χ4v) is 4.40. The molecule has 3 heterocycles. The minimum Gasteiger partial charge on any atom is -0.360 e. The Labute approximate surface area is 166 Å². The standard InChI is InChI=1S/C21H19N5OS/c1-13(19(27)17-12-23-18-7-3-2-6-16(17)18)28-21-25-24-20(26(21)15-8-9-15)14-5-4-10-22-11-14/h2-7,10-13,15,23H,8-9H2,1H3. The zero-order valence-electron chi connectivity index (χ0n) is 15.4. The maximum absolute atomic E-state index is 13.1. The minimum absolute atomic E-state index is 0.0933. The molecule has 0 amide bonds. The second-order valence-corrected chi connectivity index (χ2v) is 8.33. The van der Waals surface area contributed by atoms with Crippen molar-refractivity contribution in [2.45, 2.75) is 36.2 Å². The first-order chi connectivity index (χ1) is 13.7. The third kappa shape index (κ3) is 3.01. The minimum atomic E-state index is -0.261. The summed E-state index contributed by atoms with van der Waals surface area (Å²) in [7, 11) is 0. The number of thioether (sulfide) groups is 1. The molecular formula is C21H19N5OS. The molecule has 1 atom stereocenters. The van der Waals surface area contributed by atoms with Gasteiger partial charge in [-0.1, -0.05) is 30.0 Å². The molecule has 1 fully saturated rings. The fourth-order valence-electron chi connectivity index (χ4n) is 3.42. The molecule has 1 aliphatic rings. The Morgan fingerprint density at radius 2 is 2.07 bits per heavy atom. The molecule has 6 nitrogen and oxygen atoms in total. The van der Waals surface area contributed by atoms with Gasteiger partial charge in [0.25, 0.3) is 0 Å². The quantitative estimate of drug-likeness (QED) is 0.388. The predicted molar refractivity (Wildman–Crippen MR) is 109 cm³/mol. The number of pyridine rings is 1. The number of aromatic nitrogens is 5. The van der Waals surface area contributed by atoms with Crippen molar-refractivity contribution >= 4 is 28.4 Å². The molecule has 140 valence electrons. The lowest BCUT2D eigenvalue weighted by Gasteiger charge is -2.12. The normalized spacial score (nSPS) is 15.0. The van der Waals surface area contributed by atoms with Crippen LogP contribution in [0.15, 0.2) is 60.1 Å². The second-order valence-electron chi connectivity index (χ2n) is 7.02. The Morgan fingerprint density at radius 3 is 2.86 bits per heavy atom. The van der Waals surface area contributed by atoms with Gasteiger partial charge in [0, 0.05) is 46.7 Å². The van der Waals surface area contributed by atoms with Crippen LogP contribution in [0.4, 0.5) is 0 Å². The van der Waals surface area contributed by atoms with E-state index in [4.69, 9.17) is 0 Å². The van der Waals surface area contributed by atoms with Crippen LogP contribution in [0.1, 0.15) is 36.2 Å². The van der Waals surface area contributed by atoms with E-state index in [9.17, 15) is 4.79 Å². The average molecular weight is 389 g/mol. The van der Waals surface area contributed by atoms with Gasteiger partial charge in [0.15, 0.2) is 16.8 Å². The monoisotopic (exact) mass is 389 g/mol. The van der Waals surface area contributed by atoms with Gasteiger partial charge in [-0.2, -0.15) is 0 Å². The molecule has 7 heteroatoms. The van der Waals surface area contributed by atoms with Crippen LogP contribution in [-0.2, 0) is 0 Å². The average Bonchev–Trinajstić information content (AvgIpc) is 3.34. The molecule has 1 aromatic carbocycles. The van der Waals surface area contributed by atoms with Gasteiger partial charge in [-0.3, -0.25) is 14.3 Å². The van der Waals surface area contributed by atoms with Gasteiger partial charge in [-0.05, 0) is 38.0 Å². The van der Waals surface area contributed by atoms with Crippen molar-refractivity contribution in [3.8, 4) is 11.4 Å². The van der Waals surface area contributed by atoms with Gasteiger partial charge in [0.1, 0.15) is 0 Å². The Bertz CT molecular complexity index is 1150. The van der Waals surface area contributed by atoms with Crippen LogP contribution in [0.3, 0.4) is 0 Å². The fraction of sp³-hybridized carbons (Fsp3) is 0.238. The zero-order valence-corrected chi connectivity index (χ0v) is 16.2. The van der Waals surface area contributed by atoms with Crippen LogP contribution in [0, 0.1) is 0 Å². The lowest BCUT2D eigenvalue weighted by molar-refractivity contribution is 0.0995. The number of aromatic amines is 1. The topological polar surface area (TPSA) is 76.5 Å². The SMILES string of the molecule is CC(Sc1nnc(-c2cccnc2)n1C1CC1)C(=O)c1c[nH]c2ccccc12. The highest BCUT2D eigenvalue weighted by atomic mass is 32.2. The van der Waals surface area contributed by atoms with Crippen molar-refractivity contribution in [2.24, 2.45) is 0 Å². The number of hydrogen-bond acceptors (Lipinski definition) is 5.